The fraction of sp³-hybridized carbons (Fsp3) is 0.350. The lowest BCUT2D eigenvalue weighted by atomic mass is 9.85. The normalized spacial score (nSPS) is 19.6. The number of carbonyl (C=O) groups is 1. The number of hydrogen-bond donors (Lipinski definition) is 1. The van der Waals surface area contributed by atoms with E-state index in [2.05, 4.69) is 8.75 Å². The average molecular weight is 399 g/mol. The Bertz CT molecular complexity index is 992. The van der Waals surface area contributed by atoms with Crippen molar-refractivity contribution in [2.45, 2.75) is 18.4 Å². The van der Waals surface area contributed by atoms with Crippen LogP contribution in [0, 0.1) is 0 Å². The third-order valence-corrected chi connectivity index (χ3v) is 5.58. The highest BCUT2D eigenvalue weighted by Gasteiger charge is 2.38. The van der Waals surface area contributed by atoms with Gasteiger partial charge in [0.1, 0.15) is 28.1 Å². The first-order chi connectivity index (χ1) is 13.6. The quantitative estimate of drug-likeness (QED) is 0.710. The Morgan fingerprint density at radius 3 is 2.93 bits per heavy atom. The Labute approximate surface area is 166 Å². The number of piperidine rings is 1. The van der Waals surface area contributed by atoms with Crippen molar-refractivity contribution in [1.29, 1.82) is 0 Å². The van der Waals surface area contributed by atoms with Gasteiger partial charge in [-0.25, -0.2) is 0 Å². The van der Waals surface area contributed by atoms with E-state index in [0.29, 0.717) is 36.4 Å². The Balaban J connectivity index is 1.44. The molecule has 146 valence electrons. The van der Waals surface area contributed by atoms with Gasteiger partial charge in [0.05, 0.1) is 25.4 Å². The highest BCUT2D eigenvalue weighted by molar-refractivity contribution is 7.00. The fourth-order valence-corrected chi connectivity index (χ4v) is 4.10. The smallest absolute Gasteiger partial charge is 0.260 e. The number of rotatable bonds is 5. The number of aromatic nitrogens is 2. The number of carbonyl (C=O) groups excluding carboxylic acids is 1. The minimum Gasteiger partial charge on any atom is -0.496 e. The molecule has 1 amide bonds. The van der Waals surface area contributed by atoms with Crippen LogP contribution in [0.1, 0.15) is 18.4 Å². The first-order valence-corrected chi connectivity index (χ1v) is 9.81. The van der Waals surface area contributed by atoms with Gasteiger partial charge in [-0.1, -0.05) is 18.2 Å². The van der Waals surface area contributed by atoms with E-state index in [9.17, 15) is 9.90 Å². The number of β-amino-alcohol motifs (C(OH)–C–C–N with tert-alkyl or cyclic N) is 1. The molecule has 0 bridgehead atoms. The van der Waals surface area contributed by atoms with Crippen molar-refractivity contribution in [2.75, 3.05) is 26.8 Å². The van der Waals surface area contributed by atoms with Crippen LogP contribution in [0.5, 0.6) is 11.5 Å². The zero-order valence-corrected chi connectivity index (χ0v) is 16.3. The number of ether oxygens (including phenoxy) is 2. The molecule has 1 saturated heterocycles. The zero-order chi connectivity index (χ0) is 19.6. The van der Waals surface area contributed by atoms with Crippen molar-refractivity contribution in [3.63, 3.8) is 0 Å². The summed E-state index contributed by atoms with van der Waals surface area (Å²) < 4.78 is 19.4. The van der Waals surface area contributed by atoms with E-state index >= 15 is 0 Å². The highest BCUT2D eigenvalue weighted by atomic mass is 32.1. The van der Waals surface area contributed by atoms with Gasteiger partial charge in [-0.15, -0.1) is 0 Å². The van der Waals surface area contributed by atoms with Gasteiger partial charge in [-0.05, 0) is 31.0 Å². The largest absolute Gasteiger partial charge is 0.496 e. The molecule has 0 radical (unpaired) electrons. The molecule has 1 N–H and O–H groups in total. The van der Waals surface area contributed by atoms with Crippen LogP contribution in [0.4, 0.5) is 0 Å². The number of hydrogen-bond acceptors (Lipinski definition) is 7. The summed E-state index contributed by atoms with van der Waals surface area (Å²) in [4.78, 5) is 14.3. The van der Waals surface area contributed by atoms with Crippen molar-refractivity contribution < 1.29 is 19.4 Å². The third-order valence-electron chi connectivity index (χ3n) is 5.02. The number of amides is 1. The van der Waals surface area contributed by atoms with E-state index in [4.69, 9.17) is 9.47 Å². The van der Waals surface area contributed by atoms with Crippen LogP contribution in [0.3, 0.4) is 0 Å². The zero-order valence-electron chi connectivity index (χ0n) is 15.5. The van der Waals surface area contributed by atoms with Gasteiger partial charge >= 0.3 is 0 Å². The molecule has 0 aliphatic carbocycles. The molecule has 4 rings (SSSR count). The van der Waals surface area contributed by atoms with Crippen molar-refractivity contribution in [3.8, 4) is 11.5 Å². The molecular weight excluding hydrogens is 378 g/mol. The van der Waals surface area contributed by atoms with Gasteiger partial charge < -0.3 is 19.5 Å². The molecular formula is C20H21N3O4S. The lowest BCUT2D eigenvalue weighted by Gasteiger charge is -2.40. The summed E-state index contributed by atoms with van der Waals surface area (Å²) in [7, 11) is 1.58. The van der Waals surface area contributed by atoms with Gasteiger partial charge in [0.2, 0.25) is 0 Å². The molecule has 28 heavy (non-hydrogen) atoms. The molecule has 7 nitrogen and oxygen atoms in total. The molecule has 2 aromatic carbocycles. The lowest BCUT2D eigenvalue weighted by Crippen LogP contribution is -2.49. The number of benzene rings is 2. The molecule has 0 unspecified atom stereocenters. The molecule has 1 aliphatic heterocycles. The summed E-state index contributed by atoms with van der Waals surface area (Å²) in [5.74, 6) is 1.04. The van der Waals surface area contributed by atoms with E-state index in [1.165, 1.54) is 0 Å². The number of likely N-dealkylation sites (tertiary alicyclic amines) is 1. The fourth-order valence-electron chi connectivity index (χ4n) is 3.59. The van der Waals surface area contributed by atoms with E-state index in [0.717, 1.165) is 22.8 Å². The van der Waals surface area contributed by atoms with E-state index in [1.54, 1.807) is 24.1 Å². The SMILES string of the molecule is COc1ccccc1[C@]1(O)CCCN(C(=O)COc2ccc3nsnc3c2)C1. The van der Waals surface area contributed by atoms with E-state index in [1.807, 2.05) is 30.3 Å². The van der Waals surface area contributed by atoms with Crippen LogP contribution in [0.2, 0.25) is 0 Å². The van der Waals surface area contributed by atoms with Gasteiger partial charge in [-0.2, -0.15) is 8.75 Å². The van der Waals surface area contributed by atoms with E-state index < -0.39 is 5.60 Å². The monoisotopic (exact) mass is 399 g/mol. The van der Waals surface area contributed by atoms with Gasteiger partial charge in [0, 0.05) is 18.2 Å². The topological polar surface area (TPSA) is 84.8 Å². The second kappa shape index (κ2) is 7.73. The van der Waals surface area contributed by atoms with Crippen LogP contribution in [-0.2, 0) is 10.4 Å². The maximum Gasteiger partial charge on any atom is 0.260 e. The number of methoxy groups -OCH3 is 1. The number of aliphatic hydroxyl groups is 1. The van der Waals surface area contributed by atoms with Gasteiger partial charge in [0.25, 0.3) is 5.91 Å². The van der Waals surface area contributed by atoms with Crippen LogP contribution < -0.4 is 9.47 Å². The minimum absolute atomic E-state index is 0.0922. The molecule has 1 aromatic heterocycles. The number of fused-ring (bicyclic) bond motifs is 1. The predicted octanol–water partition coefficient (Wildman–Crippen LogP) is 2.59. The van der Waals surface area contributed by atoms with E-state index in [-0.39, 0.29) is 19.1 Å². The van der Waals surface area contributed by atoms with Gasteiger partial charge in [0.15, 0.2) is 6.61 Å². The summed E-state index contributed by atoms with van der Waals surface area (Å²) in [6.45, 7) is 0.713. The van der Waals surface area contributed by atoms with Crippen LogP contribution >= 0.6 is 11.7 Å². The Morgan fingerprint density at radius 1 is 1.25 bits per heavy atom. The van der Waals surface area contributed by atoms with Crippen LogP contribution in [0.15, 0.2) is 42.5 Å². The summed E-state index contributed by atoms with van der Waals surface area (Å²) in [6.07, 6.45) is 1.28. The van der Waals surface area contributed by atoms with Gasteiger partial charge in [-0.3, -0.25) is 4.79 Å². The van der Waals surface area contributed by atoms with Crippen LogP contribution in [-0.4, -0.2) is 51.5 Å². The maximum absolute atomic E-state index is 12.7. The molecule has 0 spiro atoms. The van der Waals surface area contributed by atoms with Crippen molar-refractivity contribution in [3.05, 3.63) is 48.0 Å². The average Bonchev–Trinajstić information content (AvgIpc) is 3.20. The summed E-state index contributed by atoms with van der Waals surface area (Å²) in [5.41, 5.74) is 1.13. The molecule has 1 atom stereocenters. The Hall–Kier alpha value is -2.71. The van der Waals surface area contributed by atoms with Crippen molar-refractivity contribution >= 4 is 28.7 Å². The number of para-hydroxylation sites is 1. The summed E-state index contributed by atoms with van der Waals surface area (Å²) in [5, 5.41) is 11.2. The summed E-state index contributed by atoms with van der Waals surface area (Å²) in [6, 6.07) is 12.8. The second-order valence-electron chi connectivity index (χ2n) is 6.85. The lowest BCUT2D eigenvalue weighted by molar-refractivity contribution is -0.141. The van der Waals surface area contributed by atoms with Crippen molar-refractivity contribution in [1.82, 2.24) is 13.6 Å². The van der Waals surface area contributed by atoms with Crippen molar-refractivity contribution in [2.24, 2.45) is 0 Å². The standard InChI is InChI=1S/C20H21N3O4S/c1-26-18-6-3-2-5-15(18)20(25)9-4-10-23(13-20)19(24)12-27-14-7-8-16-17(11-14)22-28-21-16/h2-3,5-8,11,25H,4,9-10,12-13H2,1H3/t20-/m0/s1. The highest BCUT2D eigenvalue weighted by Crippen LogP contribution is 2.36. The minimum atomic E-state index is -1.13. The first kappa shape index (κ1) is 18.6. The van der Waals surface area contributed by atoms with Crippen LogP contribution in [0.25, 0.3) is 11.0 Å². The molecule has 2 heterocycles. The molecule has 1 aliphatic rings. The Kier molecular flexibility index (Phi) is 5.15. The predicted molar refractivity (Wildman–Crippen MR) is 106 cm³/mol. The molecule has 1 fully saturated rings. The summed E-state index contributed by atoms with van der Waals surface area (Å²) >= 11 is 1.14. The molecule has 0 saturated carbocycles. The molecule has 8 heteroatoms. The third kappa shape index (κ3) is 3.65. The second-order valence-corrected chi connectivity index (χ2v) is 7.38. The Morgan fingerprint density at radius 2 is 2.07 bits per heavy atom. The number of nitrogens with zero attached hydrogens (tertiary/aromatic N) is 3. The molecule has 3 aromatic rings. The first-order valence-electron chi connectivity index (χ1n) is 9.08. The maximum atomic E-state index is 12.7.